The van der Waals surface area contributed by atoms with Crippen LogP contribution in [0.5, 0.6) is 22.0 Å². The molecule has 0 saturated heterocycles. The van der Waals surface area contributed by atoms with Crippen molar-refractivity contribution in [2.75, 3.05) is 28.4 Å². The predicted octanol–water partition coefficient (Wildman–Crippen LogP) is 7.13. The van der Waals surface area contributed by atoms with Crippen LogP contribution in [0.1, 0.15) is 21.9 Å². The largest absolute Gasteiger partial charge is 0.487 e. The summed E-state index contributed by atoms with van der Waals surface area (Å²) in [4.78, 5) is 5.36. The first-order valence-electron chi connectivity index (χ1n) is 10.1. The summed E-state index contributed by atoms with van der Waals surface area (Å²) in [6.45, 7) is 7.93. The van der Waals surface area contributed by atoms with Crippen molar-refractivity contribution in [2.24, 2.45) is 0 Å². The van der Waals surface area contributed by atoms with Crippen molar-refractivity contribution in [3.63, 3.8) is 0 Å². The van der Waals surface area contributed by atoms with E-state index < -0.39 is 0 Å². The summed E-state index contributed by atoms with van der Waals surface area (Å²) in [5.41, 5.74) is 2.25. The zero-order chi connectivity index (χ0) is 24.6. The molecule has 0 bridgehead atoms. The third kappa shape index (κ3) is 12.0. The summed E-state index contributed by atoms with van der Waals surface area (Å²) in [5, 5.41) is 4.05. The molecule has 8 heteroatoms. The van der Waals surface area contributed by atoms with Gasteiger partial charge in [0, 0.05) is 22.7 Å². The zero-order valence-electron chi connectivity index (χ0n) is 20.5. The van der Waals surface area contributed by atoms with E-state index in [0.717, 1.165) is 21.6 Å². The van der Waals surface area contributed by atoms with Crippen molar-refractivity contribution in [3.05, 3.63) is 75.8 Å². The molecule has 0 N–H and O–H groups in total. The first kappa shape index (κ1) is 28.1. The van der Waals surface area contributed by atoms with Crippen LogP contribution in [0.3, 0.4) is 0 Å². The lowest BCUT2D eigenvalue weighted by molar-refractivity contribution is 0.298. The summed E-state index contributed by atoms with van der Waals surface area (Å²) >= 11 is 3.29. The molecule has 0 aliphatic rings. The quantitative estimate of drug-likeness (QED) is 0.303. The topological polar surface area (TPSA) is 63.0 Å². The molecule has 4 rings (SSSR count). The molecular formula is C25H33NO5S2. The molecule has 0 amide bonds. The normalized spacial score (nSPS) is 9.21. The van der Waals surface area contributed by atoms with E-state index in [9.17, 15) is 0 Å². The summed E-state index contributed by atoms with van der Waals surface area (Å²) in [6, 6.07) is 15.4. The highest BCUT2D eigenvalue weighted by atomic mass is 32.1. The fourth-order valence-electron chi connectivity index (χ4n) is 2.19. The number of aromatic nitrogens is 1. The SMILES string of the molecule is COc1cc(C)cs1.COc1ccc(C)o1.COc1ccc(C)s1.COc1cccc(C)n1. The van der Waals surface area contributed by atoms with E-state index >= 15 is 0 Å². The Kier molecular flexibility index (Phi) is 13.4. The third-order valence-electron chi connectivity index (χ3n) is 3.81. The molecular weight excluding hydrogens is 458 g/mol. The van der Waals surface area contributed by atoms with Crippen LogP contribution < -0.4 is 18.9 Å². The fraction of sp³-hybridized carbons (Fsp3) is 0.320. The van der Waals surface area contributed by atoms with Gasteiger partial charge in [-0.25, -0.2) is 4.98 Å². The van der Waals surface area contributed by atoms with Gasteiger partial charge in [0.05, 0.1) is 28.4 Å². The number of hydrogen-bond acceptors (Lipinski definition) is 8. The average molecular weight is 492 g/mol. The highest BCUT2D eigenvalue weighted by Crippen LogP contribution is 2.22. The number of pyridine rings is 1. The van der Waals surface area contributed by atoms with Crippen LogP contribution in [0.2, 0.25) is 0 Å². The molecule has 180 valence electrons. The minimum absolute atomic E-state index is 0.572. The maximum atomic E-state index is 5.01. The van der Waals surface area contributed by atoms with Gasteiger partial charge in [0.1, 0.15) is 5.76 Å². The molecule has 0 fully saturated rings. The maximum absolute atomic E-state index is 5.01. The lowest BCUT2D eigenvalue weighted by Crippen LogP contribution is -1.87. The van der Waals surface area contributed by atoms with Crippen molar-refractivity contribution in [2.45, 2.75) is 27.7 Å². The first-order chi connectivity index (χ1) is 15.8. The second-order valence-electron chi connectivity index (χ2n) is 6.61. The zero-order valence-corrected chi connectivity index (χ0v) is 22.1. The minimum Gasteiger partial charge on any atom is -0.487 e. The van der Waals surface area contributed by atoms with Crippen molar-refractivity contribution < 1.29 is 23.4 Å². The summed E-state index contributed by atoms with van der Waals surface area (Å²) < 4.78 is 24.6. The smallest absolute Gasteiger partial charge is 0.284 e. The number of aryl methyl sites for hydroxylation is 4. The number of rotatable bonds is 4. The van der Waals surface area contributed by atoms with Gasteiger partial charge >= 0.3 is 0 Å². The number of ether oxygens (including phenoxy) is 4. The van der Waals surface area contributed by atoms with E-state index in [1.807, 2.05) is 56.3 Å². The van der Waals surface area contributed by atoms with E-state index in [-0.39, 0.29) is 0 Å². The van der Waals surface area contributed by atoms with Crippen LogP contribution in [0.25, 0.3) is 0 Å². The van der Waals surface area contributed by atoms with Gasteiger partial charge in [0.25, 0.3) is 5.95 Å². The second kappa shape index (κ2) is 15.8. The molecule has 0 aliphatic carbocycles. The molecule has 4 aromatic rings. The van der Waals surface area contributed by atoms with Gasteiger partial charge in [0.15, 0.2) is 10.1 Å². The van der Waals surface area contributed by atoms with Crippen molar-refractivity contribution in [3.8, 4) is 22.0 Å². The summed E-state index contributed by atoms with van der Waals surface area (Å²) in [6.07, 6.45) is 0. The van der Waals surface area contributed by atoms with Crippen molar-refractivity contribution >= 4 is 22.7 Å². The number of nitrogens with zero attached hydrogens (tertiary/aromatic N) is 1. The van der Waals surface area contributed by atoms with Crippen LogP contribution >= 0.6 is 22.7 Å². The van der Waals surface area contributed by atoms with Gasteiger partial charge in [-0.3, -0.25) is 0 Å². The minimum atomic E-state index is 0.572. The van der Waals surface area contributed by atoms with Crippen LogP contribution in [-0.4, -0.2) is 33.4 Å². The van der Waals surface area contributed by atoms with Crippen LogP contribution in [0.15, 0.2) is 58.3 Å². The van der Waals surface area contributed by atoms with E-state index in [2.05, 4.69) is 24.2 Å². The molecule has 0 unspecified atom stereocenters. The molecule has 0 radical (unpaired) electrons. The Morgan fingerprint density at radius 3 is 1.79 bits per heavy atom. The Morgan fingerprint density at radius 1 is 0.758 bits per heavy atom. The summed E-state index contributed by atoms with van der Waals surface area (Å²) in [5.74, 6) is 2.12. The van der Waals surface area contributed by atoms with E-state index in [4.69, 9.17) is 23.4 Å². The average Bonchev–Trinajstić information content (AvgIpc) is 3.56. The Morgan fingerprint density at radius 2 is 1.48 bits per heavy atom. The monoisotopic (exact) mass is 491 g/mol. The van der Waals surface area contributed by atoms with E-state index in [0.29, 0.717) is 11.8 Å². The van der Waals surface area contributed by atoms with Crippen LogP contribution in [0.4, 0.5) is 0 Å². The molecule has 4 heterocycles. The van der Waals surface area contributed by atoms with Gasteiger partial charge in [-0.05, 0) is 69.0 Å². The number of hydrogen-bond donors (Lipinski definition) is 0. The fourth-order valence-corrected chi connectivity index (χ4v) is 3.58. The summed E-state index contributed by atoms with van der Waals surface area (Å²) in [7, 11) is 6.57. The maximum Gasteiger partial charge on any atom is 0.284 e. The molecule has 33 heavy (non-hydrogen) atoms. The predicted molar refractivity (Wildman–Crippen MR) is 137 cm³/mol. The van der Waals surface area contributed by atoms with Gasteiger partial charge in [-0.15, -0.1) is 22.7 Å². The lowest BCUT2D eigenvalue weighted by Gasteiger charge is -1.96. The molecule has 0 spiro atoms. The Balaban J connectivity index is 0.000000220. The lowest BCUT2D eigenvalue weighted by atomic mass is 10.4. The van der Waals surface area contributed by atoms with E-state index in [1.54, 1.807) is 57.2 Å². The molecule has 0 aromatic carbocycles. The molecule has 0 aliphatic heterocycles. The van der Waals surface area contributed by atoms with Crippen molar-refractivity contribution in [1.29, 1.82) is 0 Å². The molecule has 0 atom stereocenters. The Hall–Kier alpha value is -2.97. The molecule has 0 saturated carbocycles. The molecule has 4 aromatic heterocycles. The van der Waals surface area contributed by atoms with Gasteiger partial charge < -0.3 is 23.4 Å². The van der Waals surface area contributed by atoms with E-state index in [1.165, 1.54) is 10.4 Å². The highest BCUT2D eigenvalue weighted by Gasteiger charge is 1.93. The number of furan rings is 1. The van der Waals surface area contributed by atoms with Crippen LogP contribution in [0, 0.1) is 27.7 Å². The number of thiophene rings is 2. The standard InChI is InChI=1S/C7H9NO.C6H8O2.2C6H8OS/c1-6-4-3-5-7(8-6)9-2;1-5-3-4-6(7-2)8-5;1-5-3-6(7-2)8-4-5;1-5-3-4-6(7-2)8-5/h3-5H,1-2H3;3*3-4H,1-2H3. The Labute approximate surface area is 204 Å². The van der Waals surface area contributed by atoms with Crippen LogP contribution in [-0.2, 0) is 0 Å². The van der Waals surface area contributed by atoms with Gasteiger partial charge in [-0.1, -0.05) is 6.07 Å². The highest BCUT2D eigenvalue weighted by molar-refractivity contribution is 7.13. The Bertz CT molecular complexity index is 943. The van der Waals surface area contributed by atoms with Gasteiger partial charge in [0.2, 0.25) is 5.88 Å². The molecule has 6 nitrogen and oxygen atoms in total. The third-order valence-corrected chi connectivity index (χ3v) is 5.78. The first-order valence-corrected chi connectivity index (χ1v) is 11.8. The number of methoxy groups -OCH3 is 4. The van der Waals surface area contributed by atoms with Gasteiger partial charge in [-0.2, -0.15) is 0 Å². The van der Waals surface area contributed by atoms with Crippen molar-refractivity contribution in [1.82, 2.24) is 4.98 Å². The second-order valence-corrected chi connectivity index (χ2v) is 8.73.